The molecule has 1 saturated heterocycles. The summed E-state index contributed by atoms with van der Waals surface area (Å²) >= 11 is 0. The Hall–Kier alpha value is -3.46. The fraction of sp³-hybridized carbons (Fsp3) is 0.273. The molecule has 6 nitrogen and oxygen atoms in total. The molecule has 28 heavy (non-hydrogen) atoms. The second-order valence-electron chi connectivity index (χ2n) is 6.90. The number of benzene rings is 2. The van der Waals surface area contributed by atoms with Crippen LogP contribution in [0.1, 0.15) is 11.1 Å². The zero-order valence-electron chi connectivity index (χ0n) is 15.8. The Bertz CT molecular complexity index is 1040. The van der Waals surface area contributed by atoms with Crippen LogP contribution >= 0.6 is 0 Å². The fourth-order valence-corrected chi connectivity index (χ4v) is 3.76. The highest BCUT2D eigenvalue weighted by atomic mass is 16.5. The lowest BCUT2D eigenvalue weighted by molar-refractivity contribution is -0.130. The van der Waals surface area contributed by atoms with Gasteiger partial charge in [-0.05, 0) is 29.8 Å². The number of carbonyl (C=O) groups excluding carboxylic acids is 1. The lowest BCUT2D eigenvalue weighted by atomic mass is 10.1. The Morgan fingerprint density at radius 3 is 2.71 bits per heavy atom. The van der Waals surface area contributed by atoms with Gasteiger partial charge in [-0.2, -0.15) is 5.26 Å². The van der Waals surface area contributed by atoms with Gasteiger partial charge in [0.25, 0.3) is 0 Å². The van der Waals surface area contributed by atoms with Gasteiger partial charge < -0.3 is 19.5 Å². The minimum atomic E-state index is 0.133. The fourth-order valence-electron chi connectivity index (χ4n) is 3.76. The van der Waals surface area contributed by atoms with Crippen molar-refractivity contribution in [2.45, 2.75) is 6.42 Å². The van der Waals surface area contributed by atoms with Gasteiger partial charge >= 0.3 is 0 Å². The molecule has 1 aliphatic rings. The first kappa shape index (κ1) is 17.9. The maximum absolute atomic E-state index is 12.8. The molecule has 0 bridgehead atoms. The van der Waals surface area contributed by atoms with Gasteiger partial charge in [-0.15, -0.1) is 0 Å². The van der Waals surface area contributed by atoms with Crippen molar-refractivity contribution < 1.29 is 9.53 Å². The number of hydrogen-bond acceptors (Lipinski definition) is 4. The number of nitrogens with zero attached hydrogens (tertiary/aromatic N) is 3. The van der Waals surface area contributed by atoms with Crippen molar-refractivity contribution in [3.8, 4) is 11.8 Å². The Labute approximate surface area is 163 Å². The maximum Gasteiger partial charge on any atom is 0.227 e. The molecule has 0 radical (unpaired) electrons. The molecule has 0 unspecified atom stereocenters. The van der Waals surface area contributed by atoms with Gasteiger partial charge in [0, 0.05) is 43.4 Å². The molecule has 1 amide bonds. The summed E-state index contributed by atoms with van der Waals surface area (Å²) in [5.41, 5.74) is 3.61. The number of hydrogen-bond donors (Lipinski definition) is 1. The number of rotatable bonds is 4. The van der Waals surface area contributed by atoms with Gasteiger partial charge in [-0.25, -0.2) is 0 Å². The van der Waals surface area contributed by atoms with E-state index in [-0.39, 0.29) is 5.91 Å². The Kier molecular flexibility index (Phi) is 4.90. The summed E-state index contributed by atoms with van der Waals surface area (Å²) in [6, 6.07) is 15.7. The van der Waals surface area contributed by atoms with E-state index in [9.17, 15) is 4.79 Å². The number of carbonyl (C=O) groups is 1. The van der Waals surface area contributed by atoms with Gasteiger partial charge in [0.1, 0.15) is 5.75 Å². The summed E-state index contributed by atoms with van der Waals surface area (Å²) in [4.78, 5) is 20.2. The molecule has 1 aromatic heterocycles. The number of ether oxygens (including phenoxy) is 1. The van der Waals surface area contributed by atoms with Gasteiger partial charge in [0.15, 0.2) is 0 Å². The van der Waals surface area contributed by atoms with Gasteiger partial charge in [-0.1, -0.05) is 18.2 Å². The highest BCUT2D eigenvalue weighted by molar-refractivity contribution is 5.92. The number of H-pyrrole nitrogens is 1. The van der Waals surface area contributed by atoms with Crippen molar-refractivity contribution in [1.82, 2.24) is 9.88 Å². The van der Waals surface area contributed by atoms with Gasteiger partial charge in [0.05, 0.1) is 30.7 Å². The molecule has 0 spiro atoms. The van der Waals surface area contributed by atoms with Crippen molar-refractivity contribution in [1.29, 1.82) is 5.26 Å². The number of nitriles is 1. The molecule has 1 N–H and O–H groups in total. The Balaban J connectivity index is 1.41. The van der Waals surface area contributed by atoms with E-state index >= 15 is 0 Å². The summed E-state index contributed by atoms with van der Waals surface area (Å²) in [5, 5.41) is 10.1. The Morgan fingerprint density at radius 2 is 1.96 bits per heavy atom. The molecule has 4 rings (SSSR count). The number of nitrogens with one attached hydrogen (secondary N) is 1. The lowest BCUT2D eigenvalue weighted by Crippen LogP contribution is -2.49. The van der Waals surface area contributed by atoms with Crippen LogP contribution in [0.3, 0.4) is 0 Å². The van der Waals surface area contributed by atoms with Crippen LogP contribution in [0.5, 0.6) is 5.75 Å². The number of amides is 1. The van der Waals surface area contributed by atoms with Crippen LogP contribution in [0.4, 0.5) is 5.69 Å². The monoisotopic (exact) mass is 374 g/mol. The van der Waals surface area contributed by atoms with Crippen LogP contribution in [-0.2, 0) is 11.2 Å². The number of fused-ring (bicyclic) bond motifs is 1. The van der Waals surface area contributed by atoms with E-state index in [1.807, 2.05) is 47.5 Å². The highest BCUT2D eigenvalue weighted by Gasteiger charge is 2.22. The number of aromatic nitrogens is 1. The largest absolute Gasteiger partial charge is 0.495 e. The average Bonchev–Trinajstić information content (AvgIpc) is 3.16. The maximum atomic E-state index is 12.8. The zero-order valence-corrected chi connectivity index (χ0v) is 15.8. The number of anilines is 1. The standard InChI is InChI=1S/C22H22N4O2/c1-28-20-7-3-6-19-17(15-24-22(19)20)13-21(27)26-10-8-25(9-11-26)18-5-2-4-16(12-18)14-23/h2-7,12,15,24H,8-11,13H2,1H3. The van der Waals surface area contributed by atoms with E-state index < -0.39 is 0 Å². The van der Waals surface area contributed by atoms with Crippen LogP contribution in [0.2, 0.25) is 0 Å². The second kappa shape index (κ2) is 7.65. The quantitative estimate of drug-likeness (QED) is 0.762. The van der Waals surface area contributed by atoms with Gasteiger partial charge in [0.2, 0.25) is 5.91 Å². The van der Waals surface area contributed by atoms with Crippen LogP contribution in [0.15, 0.2) is 48.7 Å². The Morgan fingerprint density at radius 1 is 1.18 bits per heavy atom. The lowest BCUT2D eigenvalue weighted by Gasteiger charge is -2.36. The molecule has 1 fully saturated rings. The summed E-state index contributed by atoms with van der Waals surface area (Å²) < 4.78 is 5.38. The molecule has 6 heteroatoms. The van der Waals surface area contributed by atoms with Crippen LogP contribution < -0.4 is 9.64 Å². The first-order chi connectivity index (χ1) is 13.7. The summed E-state index contributed by atoms with van der Waals surface area (Å²) in [6.45, 7) is 2.90. The molecular formula is C22H22N4O2. The summed E-state index contributed by atoms with van der Waals surface area (Å²) in [5.74, 6) is 0.915. The minimum absolute atomic E-state index is 0.133. The second-order valence-corrected chi connectivity index (χ2v) is 6.90. The van der Waals surface area contributed by atoms with Crippen molar-refractivity contribution in [2.75, 3.05) is 38.2 Å². The number of para-hydroxylation sites is 1. The van der Waals surface area contributed by atoms with Crippen molar-refractivity contribution in [2.24, 2.45) is 0 Å². The van der Waals surface area contributed by atoms with Crippen LogP contribution in [0, 0.1) is 11.3 Å². The number of methoxy groups -OCH3 is 1. The van der Waals surface area contributed by atoms with E-state index in [0.717, 1.165) is 41.0 Å². The normalized spacial score (nSPS) is 14.1. The average molecular weight is 374 g/mol. The molecule has 142 valence electrons. The number of aromatic amines is 1. The molecule has 0 aliphatic carbocycles. The zero-order chi connectivity index (χ0) is 19.5. The van der Waals surface area contributed by atoms with Crippen molar-refractivity contribution in [3.05, 3.63) is 59.8 Å². The van der Waals surface area contributed by atoms with Crippen molar-refractivity contribution >= 4 is 22.5 Å². The number of piperazine rings is 1. The first-order valence-electron chi connectivity index (χ1n) is 9.35. The molecule has 0 atom stereocenters. The van der Waals surface area contributed by atoms with E-state index in [2.05, 4.69) is 16.0 Å². The minimum Gasteiger partial charge on any atom is -0.495 e. The molecule has 2 aromatic carbocycles. The third-order valence-electron chi connectivity index (χ3n) is 5.30. The van der Waals surface area contributed by atoms with E-state index in [0.29, 0.717) is 25.1 Å². The van der Waals surface area contributed by atoms with Gasteiger partial charge in [-0.3, -0.25) is 4.79 Å². The summed E-state index contributed by atoms with van der Waals surface area (Å²) in [6.07, 6.45) is 2.27. The highest BCUT2D eigenvalue weighted by Crippen LogP contribution is 2.27. The van der Waals surface area contributed by atoms with Crippen LogP contribution in [0.25, 0.3) is 10.9 Å². The smallest absolute Gasteiger partial charge is 0.227 e. The third kappa shape index (κ3) is 3.39. The first-order valence-corrected chi connectivity index (χ1v) is 9.35. The topological polar surface area (TPSA) is 72.4 Å². The van der Waals surface area contributed by atoms with Crippen LogP contribution in [-0.4, -0.2) is 49.1 Å². The third-order valence-corrected chi connectivity index (χ3v) is 5.30. The van der Waals surface area contributed by atoms with E-state index in [1.165, 1.54) is 0 Å². The SMILES string of the molecule is COc1cccc2c(CC(=O)N3CCN(c4cccc(C#N)c4)CC3)c[nH]c12. The summed E-state index contributed by atoms with van der Waals surface area (Å²) in [7, 11) is 1.65. The van der Waals surface area contributed by atoms with Crippen molar-refractivity contribution in [3.63, 3.8) is 0 Å². The molecule has 0 saturated carbocycles. The van der Waals surface area contributed by atoms with E-state index in [1.54, 1.807) is 13.2 Å². The molecule has 2 heterocycles. The predicted octanol–water partition coefficient (Wildman–Crippen LogP) is 2.94. The molecule has 3 aromatic rings. The molecule has 1 aliphatic heterocycles. The van der Waals surface area contributed by atoms with E-state index in [4.69, 9.17) is 10.00 Å². The predicted molar refractivity (Wildman–Crippen MR) is 109 cm³/mol. The molecular weight excluding hydrogens is 352 g/mol.